The van der Waals surface area contributed by atoms with Gasteiger partial charge in [0.1, 0.15) is 5.75 Å². The van der Waals surface area contributed by atoms with Crippen molar-refractivity contribution in [1.29, 1.82) is 0 Å². The fraction of sp³-hybridized carbons (Fsp3) is 0.300. The number of thiazole rings is 1. The average Bonchev–Trinajstić information content (AvgIpc) is 3.02. The van der Waals surface area contributed by atoms with Gasteiger partial charge in [-0.25, -0.2) is 4.98 Å². The summed E-state index contributed by atoms with van der Waals surface area (Å²) < 4.78 is 6.83. The number of hydrogen-bond donors (Lipinski definition) is 1. The van der Waals surface area contributed by atoms with Crippen molar-refractivity contribution in [3.05, 3.63) is 53.1 Å². The van der Waals surface area contributed by atoms with E-state index in [0.29, 0.717) is 22.5 Å². The van der Waals surface area contributed by atoms with Crippen LogP contribution in [0.2, 0.25) is 5.02 Å². The molecule has 1 unspecified atom stereocenters. The highest BCUT2D eigenvalue weighted by atomic mass is 35.5. The summed E-state index contributed by atoms with van der Waals surface area (Å²) in [5.74, 6) is 0.489. The van der Waals surface area contributed by atoms with Gasteiger partial charge in [-0.2, -0.15) is 0 Å². The Hall–Kier alpha value is -2.15. The topological polar surface area (TPSA) is 54.5 Å². The van der Waals surface area contributed by atoms with Gasteiger partial charge in [-0.1, -0.05) is 35.1 Å². The van der Waals surface area contributed by atoms with Crippen molar-refractivity contribution >= 4 is 39.1 Å². The van der Waals surface area contributed by atoms with Crippen LogP contribution in [0.15, 0.2) is 42.5 Å². The molecule has 2 aromatic carbocycles. The summed E-state index contributed by atoms with van der Waals surface area (Å²) in [7, 11) is 3.96. The van der Waals surface area contributed by atoms with Crippen LogP contribution in [0.1, 0.15) is 18.4 Å². The lowest BCUT2D eigenvalue weighted by atomic mass is 10.0. The molecule has 1 amide bonds. The van der Waals surface area contributed by atoms with E-state index in [1.807, 2.05) is 68.4 Å². The molecule has 0 spiro atoms. The SMILES string of the molecule is CC(C(=O)NCCN(C)C)c1ccc(Oc2nc3ccc(Cl)cc3s2)cc1. The zero-order valence-corrected chi connectivity index (χ0v) is 17.1. The second-order valence-corrected chi connectivity index (χ2v) is 8.01. The van der Waals surface area contributed by atoms with Gasteiger partial charge in [0.25, 0.3) is 5.19 Å². The third-order valence-corrected chi connectivity index (χ3v) is 5.30. The normalized spacial score (nSPS) is 12.3. The molecule has 0 radical (unpaired) electrons. The maximum absolute atomic E-state index is 12.2. The number of nitrogens with one attached hydrogen (secondary N) is 1. The molecule has 0 saturated heterocycles. The van der Waals surface area contributed by atoms with E-state index in [1.54, 1.807) is 0 Å². The van der Waals surface area contributed by atoms with Gasteiger partial charge in [0.05, 0.1) is 16.1 Å². The van der Waals surface area contributed by atoms with Crippen molar-refractivity contribution in [2.24, 2.45) is 0 Å². The van der Waals surface area contributed by atoms with Crippen molar-refractivity contribution in [2.45, 2.75) is 12.8 Å². The Morgan fingerprint density at radius 3 is 2.70 bits per heavy atom. The summed E-state index contributed by atoms with van der Waals surface area (Å²) in [4.78, 5) is 18.7. The van der Waals surface area contributed by atoms with Gasteiger partial charge < -0.3 is 15.0 Å². The third kappa shape index (κ3) is 5.19. The Labute approximate surface area is 167 Å². The Bertz CT molecular complexity index is 925. The number of nitrogens with zero attached hydrogens (tertiary/aromatic N) is 2. The van der Waals surface area contributed by atoms with E-state index < -0.39 is 0 Å². The third-order valence-electron chi connectivity index (χ3n) is 4.17. The molecule has 1 heterocycles. The summed E-state index contributed by atoms with van der Waals surface area (Å²) >= 11 is 7.46. The zero-order chi connectivity index (χ0) is 19.4. The van der Waals surface area contributed by atoms with Crippen LogP contribution in [0.4, 0.5) is 0 Å². The molecule has 0 aliphatic heterocycles. The van der Waals surface area contributed by atoms with Crippen molar-refractivity contribution in [1.82, 2.24) is 15.2 Å². The number of fused-ring (bicyclic) bond motifs is 1. The van der Waals surface area contributed by atoms with Gasteiger partial charge in [-0.3, -0.25) is 4.79 Å². The minimum absolute atomic E-state index is 0.0218. The number of hydrogen-bond acceptors (Lipinski definition) is 5. The lowest BCUT2D eigenvalue weighted by Gasteiger charge is -2.15. The van der Waals surface area contributed by atoms with Crippen LogP contribution in [0, 0.1) is 0 Å². The molecule has 0 fully saturated rings. The highest BCUT2D eigenvalue weighted by molar-refractivity contribution is 7.20. The van der Waals surface area contributed by atoms with Crippen LogP contribution >= 0.6 is 22.9 Å². The minimum Gasteiger partial charge on any atom is -0.431 e. The fourth-order valence-corrected chi connectivity index (χ4v) is 3.66. The van der Waals surface area contributed by atoms with Crippen LogP contribution in [0.3, 0.4) is 0 Å². The van der Waals surface area contributed by atoms with Gasteiger partial charge in [0.15, 0.2) is 0 Å². The first-order chi connectivity index (χ1) is 12.9. The van der Waals surface area contributed by atoms with E-state index in [2.05, 4.69) is 10.3 Å². The van der Waals surface area contributed by atoms with Gasteiger partial charge in [-0.05, 0) is 56.9 Å². The standard InChI is InChI=1S/C20H22ClN3O2S/c1-13(19(25)22-10-11-24(2)3)14-4-7-16(8-5-14)26-20-23-17-9-6-15(21)12-18(17)27-20/h4-9,12-13H,10-11H2,1-3H3,(H,22,25). The molecular weight excluding hydrogens is 382 g/mol. The molecule has 1 aromatic heterocycles. The highest BCUT2D eigenvalue weighted by Gasteiger charge is 2.15. The van der Waals surface area contributed by atoms with Crippen molar-refractivity contribution in [3.8, 4) is 10.9 Å². The molecule has 0 aliphatic rings. The number of ether oxygens (including phenoxy) is 1. The highest BCUT2D eigenvalue weighted by Crippen LogP contribution is 2.33. The monoisotopic (exact) mass is 403 g/mol. The number of amides is 1. The van der Waals surface area contributed by atoms with Gasteiger partial charge in [-0.15, -0.1) is 0 Å². The first-order valence-electron chi connectivity index (χ1n) is 8.69. The van der Waals surface area contributed by atoms with E-state index in [1.165, 1.54) is 11.3 Å². The summed E-state index contributed by atoms with van der Waals surface area (Å²) in [5, 5.41) is 4.20. The zero-order valence-electron chi connectivity index (χ0n) is 15.5. The number of aromatic nitrogens is 1. The first-order valence-corrected chi connectivity index (χ1v) is 9.88. The fourth-order valence-electron chi connectivity index (χ4n) is 2.55. The quantitative estimate of drug-likeness (QED) is 0.630. The van der Waals surface area contributed by atoms with Gasteiger partial charge >= 0.3 is 0 Å². The van der Waals surface area contributed by atoms with E-state index in [9.17, 15) is 4.79 Å². The Kier molecular flexibility index (Phi) is 6.31. The van der Waals surface area contributed by atoms with E-state index in [-0.39, 0.29) is 11.8 Å². The van der Waals surface area contributed by atoms with Crippen LogP contribution in [0.5, 0.6) is 10.9 Å². The molecule has 142 valence electrons. The van der Waals surface area contributed by atoms with Crippen LogP contribution in [-0.4, -0.2) is 43.0 Å². The molecule has 0 aliphatic carbocycles. The van der Waals surface area contributed by atoms with E-state index in [0.717, 1.165) is 22.3 Å². The molecule has 27 heavy (non-hydrogen) atoms. The first kappa shape index (κ1) is 19.6. The van der Waals surface area contributed by atoms with E-state index in [4.69, 9.17) is 16.3 Å². The number of carbonyl (C=O) groups excluding carboxylic acids is 1. The maximum atomic E-state index is 12.2. The predicted molar refractivity (Wildman–Crippen MR) is 111 cm³/mol. The largest absolute Gasteiger partial charge is 0.431 e. The van der Waals surface area contributed by atoms with Crippen LogP contribution in [-0.2, 0) is 4.79 Å². The number of carbonyl (C=O) groups is 1. The Balaban J connectivity index is 1.62. The predicted octanol–water partition coefficient (Wildman–Crippen LogP) is 4.52. The number of benzene rings is 2. The molecule has 3 aromatic rings. The minimum atomic E-state index is -0.217. The Morgan fingerprint density at radius 2 is 2.00 bits per heavy atom. The summed E-state index contributed by atoms with van der Waals surface area (Å²) in [6.45, 7) is 3.36. The molecule has 5 nitrogen and oxygen atoms in total. The number of likely N-dealkylation sites (N-methyl/N-ethyl adjacent to an activating group) is 1. The molecule has 1 atom stereocenters. The molecule has 0 saturated carbocycles. The summed E-state index contributed by atoms with van der Waals surface area (Å²) in [6.07, 6.45) is 0. The van der Waals surface area contributed by atoms with Crippen molar-refractivity contribution < 1.29 is 9.53 Å². The molecule has 1 N–H and O–H groups in total. The number of halogens is 1. The smallest absolute Gasteiger partial charge is 0.279 e. The maximum Gasteiger partial charge on any atom is 0.279 e. The average molecular weight is 404 g/mol. The van der Waals surface area contributed by atoms with Crippen LogP contribution < -0.4 is 10.1 Å². The summed E-state index contributed by atoms with van der Waals surface area (Å²) in [6, 6.07) is 13.1. The van der Waals surface area contributed by atoms with Gasteiger partial charge in [0, 0.05) is 18.1 Å². The van der Waals surface area contributed by atoms with Gasteiger partial charge in [0.2, 0.25) is 5.91 Å². The second kappa shape index (κ2) is 8.69. The Morgan fingerprint density at radius 1 is 1.26 bits per heavy atom. The van der Waals surface area contributed by atoms with E-state index >= 15 is 0 Å². The molecule has 7 heteroatoms. The van der Waals surface area contributed by atoms with Crippen LogP contribution in [0.25, 0.3) is 10.2 Å². The molecule has 0 bridgehead atoms. The van der Waals surface area contributed by atoms with Crippen molar-refractivity contribution in [3.63, 3.8) is 0 Å². The molecule has 3 rings (SSSR count). The lowest BCUT2D eigenvalue weighted by Crippen LogP contribution is -2.33. The summed E-state index contributed by atoms with van der Waals surface area (Å²) in [5.41, 5.74) is 1.81. The second-order valence-electron chi connectivity index (χ2n) is 6.58. The van der Waals surface area contributed by atoms with Crippen molar-refractivity contribution in [2.75, 3.05) is 27.2 Å². The lowest BCUT2D eigenvalue weighted by molar-refractivity contribution is -0.122. The number of rotatable bonds is 7. The molecular formula is C20H22ClN3O2S.